The van der Waals surface area contributed by atoms with E-state index in [0.717, 1.165) is 35.5 Å². The van der Waals surface area contributed by atoms with Crippen molar-refractivity contribution < 1.29 is 0 Å². The molecule has 0 aromatic heterocycles. The summed E-state index contributed by atoms with van der Waals surface area (Å²) in [5.41, 5.74) is 1.87. The van der Waals surface area contributed by atoms with Gasteiger partial charge in [0.05, 0.1) is 0 Å². The minimum atomic E-state index is 0.588. The molecule has 0 amide bonds. The van der Waals surface area contributed by atoms with Crippen LogP contribution in [-0.4, -0.2) is 0 Å². The average Bonchev–Trinajstić information content (AvgIpc) is 2.51. The molecule has 8 aliphatic carbocycles. The molecule has 5 atom stereocenters. The van der Waals surface area contributed by atoms with Gasteiger partial charge in [0.25, 0.3) is 0 Å². The standard InChI is InChI=1S/C26H38/c1-3-5-24-11-20-8-21(12-24)16-26(15-20,17-24)23-22-9-18-7-19(10-22)14-25(23,13-18)6-4-2/h3-6,18-23H,7-17H2,1-2H3/b5-3-,6-4-. The average molecular weight is 351 g/mol. The van der Waals surface area contributed by atoms with Gasteiger partial charge in [0.2, 0.25) is 0 Å². The van der Waals surface area contributed by atoms with Crippen LogP contribution in [0.25, 0.3) is 0 Å². The van der Waals surface area contributed by atoms with E-state index in [1.54, 1.807) is 57.8 Å². The van der Waals surface area contributed by atoms with Crippen LogP contribution < -0.4 is 0 Å². The first-order valence-corrected chi connectivity index (χ1v) is 11.9. The monoisotopic (exact) mass is 350 g/mol. The van der Waals surface area contributed by atoms with Gasteiger partial charge in [-0.2, -0.15) is 0 Å². The van der Waals surface area contributed by atoms with Crippen LogP contribution in [0, 0.1) is 51.8 Å². The molecular weight excluding hydrogens is 312 g/mol. The molecule has 0 aliphatic heterocycles. The summed E-state index contributed by atoms with van der Waals surface area (Å²) >= 11 is 0. The van der Waals surface area contributed by atoms with Crippen molar-refractivity contribution in [3.05, 3.63) is 24.3 Å². The van der Waals surface area contributed by atoms with Crippen molar-refractivity contribution in [2.75, 3.05) is 0 Å². The van der Waals surface area contributed by atoms with Crippen LogP contribution in [0.15, 0.2) is 24.3 Å². The summed E-state index contributed by atoms with van der Waals surface area (Å²) in [7, 11) is 0. The zero-order valence-electron chi connectivity index (χ0n) is 17.1. The van der Waals surface area contributed by atoms with Crippen molar-refractivity contribution in [3.63, 3.8) is 0 Å². The molecule has 0 radical (unpaired) electrons. The quantitative estimate of drug-likeness (QED) is 0.473. The highest BCUT2D eigenvalue weighted by atomic mass is 14.7. The molecule has 0 saturated heterocycles. The lowest BCUT2D eigenvalue weighted by Gasteiger charge is -2.71. The minimum absolute atomic E-state index is 0.588. The van der Waals surface area contributed by atoms with Gasteiger partial charge in [-0.25, -0.2) is 0 Å². The van der Waals surface area contributed by atoms with Gasteiger partial charge in [0, 0.05) is 0 Å². The van der Waals surface area contributed by atoms with Gasteiger partial charge in [-0.05, 0) is 136 Å². The third-order valence-corrected chi connectivity index (χ3v) is 10.2. The van der Waals surface area contributed by atoms with Gasteiger partial charge in [0.15, 0.2) is 0 Å². The second-order valence-corrected chi connectivity index (χ2v) is 12.0. The molecule has 8 fully saturated rings. The highest BCUT2D eigenvalue weighted by molar-refractivity contribution is 5.23. The molecule has 0 N–H and O–H groups in total. The molecular formula is C26H38. The predicted molar refractivity (Wildman–Crippen MR) is 109 cm³/mol. The fourth-order valence-electron chi connectivity index (χ4n) is 11.1. The van der Waals surface area contributed by atoms with E-state index in [9.17, 15) is 0 Å². The molecule has 5 unspecified atom stereocenters. The van der Waals surface area contributed by atoms with Crippen LogP contribution in [0.1, 0.15) is 84.5 Å². The van der Waals surface area contributed by atoms with Crippen molar-refractivity contribution in [1.82, 2.24) is 0 Å². The van der Waals surface area contributed by atoms with Crippen molar-refractivity contribution in [2.45, 2.75) is 84.5 Å². The Bertz CT molecular complexity index is 623. The van der Waals surface area contributed by atoms with Gasteiger partial charge < -0.3 is 0 Å². The summed E-state index contributed by atoms with van der Waals surface area (Å²) in [4.78, 5) is 0. The molecule has 0 heteroatoms. The lowest BCUT2D eigenvalue weighted by atomic mass is 9.33. The maximum Gasteiger partial charge on any atom is -0.00769 e. The fourth-order valence-corrected chi connectivity index (χ4v) is 11.1. The molecule has 8 aliphatic rings. The Hall–Kier alpha value is -0.520. The molecule has 8 saturated carbocycles. The van der Waals surface area contributed by atoms with E-state index in [1.807, 2.05) is 0 Å². The van der Waals surface area contributed by atoms with Gasteiger partial charge in [-0.1, -0.05) is 24.3 Å². The first kappa shape index (κ1) is 16.4. The number of hydrogen-bond acceptors (Lipinski definition) is 0. The summed E-state index contributed by atoms with van der Waals surface area (Å²) in [6.07, 6.45) is 27.5. The SMILES string of the molecule is C/C=C\C12CC3CC(C1)CC(C1C4CC5CC(C4)CC1(/C=C\C)C5)(C3)C2. The Morgan fingerprint density at radius 3 is 1.88 bits per heavy atom. The zero-order chi connectivity index (χ0) is 17.6. The first-order valence-electron chi connectivity index (χ1n) is 11.9. The van der Waals surface area contributed by atoms with Gasteiger partial charge in [-0.15, -0.1) is 0 Å². The van der Waals surface area contributed by atoms with Crippen LogP contribution in [0.5, 0.6) is 0 Å². The Kier molecular flexibility index (Phi) is 3.35. The Labute approximate surface area is 160 Å². The Balaban J connectivity index is 1.45. The molecule has 0 aromatic carbocycles. The largest absolute Gasteiger partial charge is 0.0911 e. The van der Waals surface area contributed by atoms with E-state index in [1.165, 1.54) is 12.8 Å². The van der Waals surface area contributed by atoms with Crippen LogP contribution in [-0.2, 0) is 0 Å². The Morgan fingerprint density at radius 1 is 0.654 bits per heavy atom. The second kappa shape index (κ2) is 5.30. The summed E-state index contributed by atoms with van der Waals surface area (Å²) in [6, 6.07) is 0. The van der Waals surface area contributed by atoms with Crippen LogP contribution in [0.2, 0.25) is 0 Å². The van der Waals surface area contributed by atoms with Gasteiger partial charge in [0.1, 0.15) is 0 Å². The van der Waals surface area contributed by atoms with Crippen LogP contribution in [0.3, 0.4) is 0 Å². The lowest BCUT2D eigenvalue weighted by Crippen LogP contribution is -2.63. The van der Waals surface area contributed by atoms with Gasteiger partial charge >= 0.3 is 0 Å². The lowest BCUT2D eigenvalue weighted by molar-refractivity contribution is -0.202. The van der Waals surface area contributed by atoms with E-state index < -0.39 is 0 Å². The van der Waals surface area contributed by atoms with E-state index in [0.29, 0.717) is 16.2 Å². The molecule has 8 bridgehead atoms. The minimum Gasteiger partial charge on any atom is -0.0911 e. The number of allylic oxidation sites excluding steroid dienone is 4. The molecule has 0 aromatic rings. The van der Waals surface area contributed by atoms with E-state index >= 15 is 0 Å². The fraction of sp³-hybridized carbons (Fsp3) is 0.846. The molecule has 0 heterocycles. The zero-order valence-corrected chi connectivity index (χ0v) is 17.1. The summed E-state index contributed by atoms with van der Waals surface area (Å²) in [6.45, 7) is 4.58. The van der Waals surface area contributed by atoms with Gasteiger partial charge in [-0.3, -0.25) is 0 Å². The highest BCUT2D eigenvalue weighted by Crippen LogP contribution is 2.76. The maximum atomic E-state index is 2.75. The summed E-state index contributed by atoms with van der Waals surface area (Å²) in [5, 5.41) is 0. The molecule has 26 heavy (non-hydrogen) atoms. The Morgan fingerprint density at radius 2 is 1.27 bits per heavy atom. The highest BCUT2D eigenvalue weighted by Gasteiger charge is 2.67. The van der Waals surface area contributed by atoms with E-state index in [2.05, 4.69) is 38.2 Å². The first-order chi connectivity index (χ1) is 12.6. The normalized spacial score (nSPS) is 59.9. The smallest absolute Gasteiger partial charge is 0.00769 e. The summed E-state index contributed by atoms with van der Waals surface area (Å²) in [5.74, 6) is 6.32. The topological polar surface area (TPSA) is 0 Å². The third kappa shape index (κ3) is 2.08. The maximum absolute atomic E-state index is 2.75. The van der Waals surface area contributed by atoms with E-state index in [-0.39, 0.29) is 0 Å². The van der Waals surface area contributed by atoms with Crippen molar-refractivity contribution >= 4 is 0 Å². The molecule has 142 valence electrons. The second-order valence-electron chi connectivity index (χ2n) is 12.0. The molecule has 0 spiro atoms. The molecule has 0 nitrogen and oxygen atoms in total. The van der Waals surface area contributed by atoms with Crippen LogP contribution >= 0.6 is 0 Å². The number of rotatable bonds is 3. The molecule has 8 rings (SSSR count). The third-order valence-electron chi connectivity index (χ3n) is 10.2. The van der Waals surface area contributed by atoms with Crippen LogP contribution in [0.4, 0.5) is 0 Å². The summed E-state index contributed by atoms with van der Waals surface area (Å²) < 4.78 is 0. The number of hydrogen-bond donors (Lipinski definition) is 0. The van der Waals surface area contributed by atoms with Crippen molar-refractivity contribution in [1.29, 1.82) is 0 Å². The van der Waals surface area contributed by atoms with E-state index in [4.69, 9.17) is 0 Å². The van der Waals surface area contributed by atoms with Crippen molar-refractivity contribution in [2.24, 2.45) is 51.8 Å². The predicted octanol–water partition coefficient (Wildman–Crippen LogP) is 7.17. The van der Waals surface area contributed by atoms with Crippen molar-refractivity contribution in [3.8, 4) is 0 Å².